The molecule has 1 aliphatic heterocycles. The molecule has 4 heteroatoms. The van der Waals surface area contributed by atoms with E-state index in [2.05, 4.69) is 29.9 Å². The lowest BCUT2D eigenvalue weighted by atomic mass is 9.94. The van der Waals surface area contributed by atoms with E-state index >= 15 is 0 Å². The largest absolute Gasteiger partial charge is 0.306 e. The van der Waals surface area contributed by atoms with E-state index in [-0.39, 0.29) is 0 Å². The highest BCUT2D eigenvalue weighted by Crippen LogP contribution is 2.35. The number of piperidine rings is 1. The Morgan fingerprint density at radius 2 is 2.14 bits per heavy atom. The quantitative estimate of drug-likeness (QED) is 0.865. The summed E-state index contributed by atoms with van der Waals surface area (Å²) in [6.07, 6.45) is 8.29. The summed E-state index contributed by atoms with van der Waals surface area (Å²) in [5.41, 5.74) is 2.58. The number of likely N-dealkylation sites (tertiary alicyclic amines) is 1. The number of nitrogens with zero attached hydrogens (tertiary/aromatic N) is 3. The molecule has 1 saturated heterocycles. The summed E-state index contributed by atoms with van der Waals surface area (Å²) in [6, 6.07) is 4.14. The van der Waals surface area contributed by atoms with E-state index in [1.54, 1.807) is 4.88 Å². The van der Waals surface area contributed by atoms with Crippen LogP contribution in [0.15, 0.2) is 24.5 Å². The van der Waals surface area contributed by atoms with Crippen LogP contribution in [0.4, 0.5) is 0 Å². The van der Waals surface area contributed by atoms with Gasteiger partial charge in [-0.2, -0.15) is 0 Å². The van der Waals surface area contributed by atoms with E-state index in [1.807, 2.05) is 29.8 Å². The van der Waals surface area contributed by atoms with Crippen LogP contribution in [-0.4, -0.2) is 35.0 Å². The molecule has 0 bridgehead atoms. The lowest BCUT2D eigenvalue weighted by molar-refractivity contribution is 0.256. The van der Waals surface area contributed by atoms with Gasteiger partial charge in [-0.1, -0.05) is 13.0 Å². The van der Waals surface area contributed by atoms with Gasteiger partial charge < -0.3 is 4.90 Å². The summed E-state index contributed by atoms with van der Waals surface area (Å²) >= 11 is 1.93. The molecule has 0 radical (unpaired) electrons. The second-order valence-electron chi connectivity index (χ2n) is 5.89. The first kappa shape index (κ1) is 14.7. The summed E-state index contributed by atoms with van der Waals surface area (Å²) in [6.45, 7) is 4.65. The molecule has 2 aromatic rings. The van der Waals surface area contributed by atoms with Crippen LogP contribution in [0.1, 0.15) is 46.8 Å². The fourth-order valence-corrected chi connectivity index (χ4v) is 4.37. The van der Waals surface area contributed by atoms with E-state index < -0.39 is 0 Å². The Morgan fingerprint density at radius 3 is 2.81 bits per heavy atom. The molecule has 0 unspecified atom stereocenters. The van der Waals surface area contributed by atoms with Crippen molar-refractivity contribution in [3.05, 3.63) is 45.7 Å². The van der Waals surface area contributed by atoms with Crippen LogP contribution < -0.4 is 0 Å². The maximum absolute atomic E-state index is 4.90. The van der Waals surface area contributed by atoms with Crippen molar-refractivity contribution in [2.45, 2.75) is 38.5 Å². The van der Waals surface area contributed by atoms with Crippen molar-refractivity contribution in [1.82, 2.24) is 14.9 Å². The number of pyridine rings is 1. The van der Waals surface area contributed by atoms with Gasteiger partial charge in [-0.3, -0.25) is 4.98 Å². The molecule has 2 aromatic heterocycles. The highest BCUT2D eigenvalue weighted by atomic mass is 32.1. The first-order chi connectivity index (χ1) is 10.3. The maximum atomic E-state index is 4.90. The summed E-state index contributed by atoms with van der Waals surface area (Å²) in [5.74, 6) is 0.719. The smallest absolute Gasteiger partial charge is 0.0975 e. The summed E-state index contributed by atoms with van der Waals surface area (Å²) in [4.78, 5) is 13.1. The predicted octanol–water partition coefficient (Wildman–Crippen LogP) is 3.50. The minimum absolute atomic E-state index is 0.719. The number of aromatic nitrogens is 2. The van der Waals surface area contributed by atoms with Gasteiger partial charge in [0.05, 0.1) is 10.7 Å². The molecule has 3 nitrogen and oxygen atoms in total. The molecule has 1 aliphatic rings. The molecule has 0 saturated carbocycles. The van der Waals surface area contributed by atoms with Gasteiger partial charge in [0.25, 0.3) is 0 Å². The molecule has 0 aliphatic carbocycles. The van der Waals surface area contributed by atoms with Crippen LogP contribution in [0.5, 0.6) is 0 Å². The van der Waals surface area contributed by atoms with E-state index in [1.165, 1.54) is 42.2 Å². The number of thiazole rings is 1. The fourth-order valence-electron chi connectivity index (χ4n) is 3.01. The van der Waals surface area contributed by atoms with Crippen LogP contribution in [0.2, 0.25) is 0 Å². The number of rotatable bonds is 4. The van der Waals surface area contributed by atoms with Crippen LogP contribution >= 0.6 is 11.3 Å². The van der Waals surface area contributed by atoms with Crippen molar-refractivity contribution < 1.29 is 0 Å². The number of hydrogen-bond acceptors (Lipinski definition) is 4. The molecule has 21 heavy (non-hydrogen) atoms. The Bertz CT molecular complexity index is 571. The first-order valence-corrected chi connectivity index (χ1v) is 8.63. The van der Waals surface area contributed by atoms with Gasteiger partial charge >= 0.3 is 0 Å². The third kappa shape index (κ3) is 3.50. The van der Waals surface area contributed by atoms with Gasteiger partial charge in [0.1, 0.15) is 0 Å². The summed E-state index contributed by atoms with van der Waals surface area (Å²) < 4.78 is 0. The summed E-state index contributed by atoms with van der Waals surface area (Å²) in [7, 11) is 2.22. The minimum Gasteiger partial charge on any atom is -0.306 e. The van der Waals surface area contributed by atoms with Gasteiger partial charge in [0, 0.05) is 23.7 Å². The molecule has 3 rings (SSSR count). The average molecular weight is 301 g/mol. The summed E-state index contributed by atoms with van der Waals surface area (Å²) in [5, 5.41) is 1.24. The van der Waals surface area contributed by atoms with Gasteiger partial charge in [0.15, 0.2) is 0 Å². The van der Waals surface area contributed by atoms with Crippen molar-refractivity contribution in [2.75, 3.05) is 20.1 Å². The monoisotopic (exact) mass is 301 g/mol. The zero-order valence-electron chi connectivity index (χ0n) is 12.9. The zero-order valence-corrected chi connectivity index (χ0v) is 13.7. The van der Waals surface area contributed by atoms with E-state index in [4.69, 9.17) is 4.98 Å². The molecule has 1 fully saturated rings. The lowest BCUT2D eigenvalue weighted by Crippen LogP contribution is -2.29. The molecule has 0 aromatic carbocycles. The molecule has 3 heterocycles. The SMILES string of the molecule is CCc1nc(Cc2cccnc2)sc1C1CCN(C)CC1. The lowest BCUT2D eigenvalue weighted by Gasteiger charge is -2.28. The second kappa shape index (κ2) is 6.67. The molecular formula is C17H23N3S. The van der Waals surface area contributed by atoms with Crippen LogP contribution in [0, 0.1) is 0 Å². The molecule has 0 spiro atoms. The molecule has 0 atom stereocenters. The second-order valence-corrected chi connectivity index (χ2v) is 7.00. The van der Waals surface area contributed by atoms with Crippen molar-refractivity contribution in [2.24, 2.45) is 0 Å². The highest BCUT2D eigenvalue weighted by molar-refractivity contribution is 7.11. The molecule has 0 amide bonds. The van der Waals surface area contributed by atoms with Crippen molar-refractivity contribution in [3.63, 3.8) is 0 Å². The fraction of sp³-hybridized carbons (Fsp3) is 0.529. The maximum Gasteiger partial charge on any atom is 0.0975 e. The molecular weight excluding hydrogens is 278 g/mol. The van der Waals surface area contributed by atoms with Crippen molar-refractivity contribution >= 4 is 11.3 Å². The standard InChI is InChI=1S/C17H23N3S/c1-3-15-17(14-6-9-20(2)10-7-14)21-16(19-15)11-13-5-4-8-18-12-13/h4-5,8,12,14H,3,6-7,9-11H2,1-2H3. The van der Waals surface area contributed by atoms with Crippen molar-refractivity contribution in [1.29, 1.82) is 0 Å². The Balaban J connectivity index is 1.78. The van der Waals surface area contributed by atoms with Crippen LogP contribution in [0.3, 0.4) is 0 Å². The molecule has 112 valence electrons. The Morgan fingerprint density at radius 1 is 1.33 bits per heavy atom. The normalized spacial score (nSPS) is 17.2. The van der Waals surface area contributed by atoms with Gasteiger partial charge in [-0.15, -0.1) is 11.3 Å². The Kier molecular flexibility index (Phi) is 4.66. The van der Waals surface area contributed by atoms with Crippen LogP contribution in [0.25, 0.3) is 0 Å². The topological polar surface area (TPSA) is 29.0 Å². The molecule has 0 N–H and O–H groups in total. The van der Waals surface area contributed by atoms with Gasteiger partial charge in [-0.25, -0.2) is 4.98 Å². The van der Waals surface area contributed by atoms with E-state index in [9.17, 15) is 0 Å². The number of aryl methyl sites for hydroxylation is 1. The average Bonchev–Trinajstić information content (AvgIpc) is 2.92. The highest BCUT2D eigenvalue weighted by Gasteiger charge is 2.23. The zero-order chi connectivity index (χ0) is 14.7. The minimum atomic E-state index is 0.719. The predicted molar refractivity (Wildman–Crippen MR) is 88.0 cm³/mol. The van der Waals surface area contributed by atoms with Gasteiger partial charge in [0.2, 0.25) is 0 Å². The Labute approximate surface area is 131 Å². The van der Waals surface area contributed by atoms with Gasteiger partial charge in [-0.05, 0) is 56.9 Å². The van der Waals surface area contributed by atoms with Crippen molar-refractivity contribution in [3.8, 4) is 0 Å². The Hall–Kier alpha value is -1.26. The number of hydrogen-bond donors (Lipinski definition) is 0. The first-order valence-electron chi connectivity index (χ1n) is 7.82. The van der Waals surface area contributed by atoms with E-state index in [0.717, 1.165) is 18.8 Å². The third-order valence-corrected chi connectivity index (χ3v) is 5.53. The third-order valence-electron chi connectivity index (χ3n) is 4.27. The van der Waals surface area contributed by atoms with E-state index in [0.29, 0.717) is 0 Å². The van der Waals surface area contributed by atoms with Crippen LogP contribution in [-0.2, 0) is 12.8 Å².